The van der Waals surface area contributed by atoms with Gasteiger partial charge in [0.1, 0.15) is 23.3 Å². The number of hydrogen-bond donors (Lipinski definition) is 1. The van der Waals surface area contributed by atoms with Crippen molar-refractivity contribution in [3.8, 4) is 17.6 Å². The zero-order chi connectivity index (χ0) is 23.8. The summed E-state index contributed by atoms with van der Waals surface area (Å²) in [6.45, 7) is 0.532. The predicted molar refractivity (Wildman–Crippen MR) is 116 cm³/mol. The van der Waals surface area contributed by atoms with Gasteiger partial charge in [-0.25, -0.2) is 36.3 Å². The van der Waals surface area contributed by atoms with Crippen molar-refractivity contribution in [3.05, 3.63) is 41.7 Å². The van der Waals surface area contributed by atoms with Crippen LogP contribution in [0.15, 0.2) is 35.5 Å². The van der Waals surface area contributed by atoms with Crippen LogP contribution in [0.3, 0.4) is 0 Å². The third kappa shape index (κ3) is 4.45. The molecule has 0 spiro atoms. The van der Waals surface area contributed by atoms with Crippen LogP contribution in [0.25, 0.3) is 22.4 Å². The number of sulfonamides is 1. The second-order valence-corrected chi connectivity index (χ2v) is 9.87. The minimum atomic E-state index is -4.01. The highest BCUT2D eigenvalue weighted by Crippen LogP contribution is 2.42. The molecular weight excluding hydrogens is 455 g/mol. The lowest BCUT2D eigenvalue weighted by atomic mass is 9.92. The third-order valence-electron chi connectivity index (χ3n) is 5.75. The molecule has 2 aromatic heterocycles. The summed E-state index contributed by atoms with van der Waals surface area (Å²) in [5, 5.41) is 10.5. The highest BCUT2D eigenvalue weighted by molar-refractivity contribution is 7.89. The topological polar surface area (TPSA) is 101 Å². The summed E-state index contributed by atoms with van der Waals surface area (Å²) in [5.41, 5.74) is 1.85. The molecule has 7 nitrogen and oxygen atoms in total. The number of nitrogens with one attached hydrogen (secondary N) is 1. The second-order valence-electron chi connectivity index (χ2n) is 8.16. The molecule has 2 heterocycles. The Morgan fingerprint density at radius 1 is 1.27 bits per heavy atom. The van der Waals surface area contributed by atoms with Crippen LogP contribution in [0.5, 0.6) is 0 Å². The molecule has 1 aliphatic carbocycles. The number of halogens is 3. The number of nitriles is 1. The Hall–Kier alpha value is -2.97. The molecule has 1 saturated carbocycles. The van der Waals surface area contributed by atoms with Gasteiger partial charge in [-0.3, -0.25) is 0 Å². The van der Waals surface area contributed by atoms with E-state index in [2.05, 4.69) is 20.8 Å². The molecule has 11 heteroatoms. The number of rotatable bonds is 8. The van der Waals surface area contributed by atoms with Crippen molar-refractivity contribution >= 4 is 20.9 Å². The molecule has 1 atom stereocenters. The average molecular weight is 478 g/mol. The maximum absolute atomic E-state index is 13.0. The van der Waals surface area contributed by atoms with Crippen molar-refractivity contribution in [2.24, 2.45) is 0 Å². The van der Waals surface area contributed by atoms with Crippen LogP contribution in [0, 0.1) is 11.3 Å². The van der Waals surface area contributed by atoms with E-state index < -0.39 is 35.6 Å². The first kappa shape index (κ1) is 23.2. The third-order valence-corrected chi connectivity index (χ3v) is 7.29. The first-order valence-corrected chi connectivity index (χ1v) is 12.0. The molecule has 0 aliphatic heterocycles. The molecule has 0 radical (unpaired) electrons. The van der Waals surface area contributed by atoms with Gasteiger partial charge >= 0.3 is 0 Å². The SMILES string of the molecule is C[C@@H](CF)NS(=O)(=O)c1cnc(-c2c(C#N)c3ccc(CC(F)F)cc3n2C2CCC2)nc1. The van der Waals surface area contributed by atoms with Gasteiger partial charge in [-0.2, -0.15) is 5.26 Å². The van der Waals surface area contributed by atoms with Crippen LogP contribution in [0.4, 0.5) is 13.2 Å². The molecular formula is C22H22F3N5O2S. The Balaban J connectivity index is 1.84. The molecule has 1 aromatic carbocycles. The Morgan fingerprint density at radius 2 is 1.97 bits per heavy atom. The largest absolute Gasteiger partial charge is 0.334 e. The molecule has 0 bridgehead atoms. The maximum Gasteiger partial charge on any atom is 0.243 e. The fourth-order valence-electron chi connectivity index (χ4n) is 3.96. The van der Waals surface area contributed by atoms with E-state index >= 15 is 0 Å². The Bertz CT molecular complexity index is 1310. The first-order valence-electron chi connectivity index (χ1n) is 10.5. The molecule has 174 valence electrons. The summed E-state index contributed by atoms with van der Waals surface area (Å²) in [7, 11) is -4.01. The highest BCUT2D eigenvalue weighted by atomic mass is 32.2. The molecule has 1 N–H and O–H groups in total. The van der Waals surface area contributed by atoms with E-state index in [1.54, 1.807) is 18.2 Å². The van der Waals surface area contributed by atoms with Crippen LogP contribution in [0.2, 0.25) is 0 Å². The minimum Gasteiger partial charge on any atom is -0.334 e. The molecule has 4 rings (SSSR count). The van der Waals surface area contributed by atoms with E-state index in [1.807, 2.05) is 4.57 Å². The van der Waals surface area contributed by atoms with Crippen LogP contribution in [0.1, 0.15) is 43.4 Å². The lowest BCUT2D eigenvalue weighted by Gasteiger charge is -2.29. The van der Waals surface area contributed by atoms with E-state index in [0.717, 1.165) is 31.7 Å². The summed E-state index contributed by atoms with van der Waals surface area (Å²) in [5.74, 6) is 0.155. The van der Waals surface area contributed by atoms with Crippen LogP contribution in [-0.2, 0) is 16.4 Å². The summed E-state index contributed by atoms with van der Waals surface area (Å²) < 4.78 is 67.5. The minimum absolute atomic E-state index is 0.0606. The van der Waals surface area contributed by atoms with Gasteiger partial charge in [0, 0.05) is 23.9 Å². The van der Waals surface area contributed by atoms with Crippen molar-refractivity contribution < 1.29 is 21.6 Å². The Morgan fingerprint density at radius 3 is 2.52 bits per heavy atom. The van der Waals surface area contributed by atoms with E-state index in [9.17, 15) is 26.9 Å². The van der Waals surface area contributed by atoms with Crippen LogP contribution < -0.4 is 4.72 Å². The molecule has 3 aromatic rings. The zero-order valence-electron chi connectivity index (χ0n) is 17.8. The van der Waals surface area contributed by atoms with Crippen molar-refractivity contribution in [1.82, 2.24) is 19.3 Å². The van der Waals surface area contributed by atoms with Gasteiger partial charge in [0.15, 0.2) is 5.82 Å². The fourth-order valence-corrected chi connectivity index (χ4v) is 5.07. The second kappa shape index (κ2) is 9.11. The lowest BCUT2D eigenvalue weighted by Crippen LogP contribution is -2.34. The summed E-state index contributed by atoms with van der Waals surface area (Å²) in [6.07, 6.45) is 2.06. The molecule has 33 heavy (non-hydrogen) atoms. The van der Waals surface area contributed by atoms with Gasteiger partial charge in [0.05, 0.1) is 23.5 Å². The normalized spacial score (nSPS) is 15.5. The Kier molecular flexibility index (Phi) is 6.41. The molecule has 0 amide bonds. The van der Waals surface area contributed by atoms with Crippen molar-refractivity contribution in [1.29, 1.82) is 5.26 Å². The predicted octanol–water partition coefficient (Wildman–Crippen LogP) is 4.14. The fraction of sp³-hybridized carbons (Fsp3) is 0.409. The lowest BCUT2D eigenvalue weighted by molar-refractivity contribution is 0.149. The highest BCUT2D eigenvalue weighted by Gasteiger charge is 2.29. The van der Waals surface area contributed by atoms with Gasteiger partial charge in [0.25, 0.3) is 0 Å². The maximum atomic E-state index is 13.0. The van der Waals surface area contributed by atoms with E-state index in [1.165, 1.54) is 6.92 Å². The average Bonchev–Trinajstić information content (AvgIpc) is 3.05. The van der Waals surface area contributed by atoms with Crippen molar-refractivity contribution in [2.75, 3.05) is 6.67 Å². The van der Waals surface area contributed by atoms with Gasteiger partial charge in [-0.15, -0.1) is 0 Å². The van der Waals surface area contributed by atoms with Crippen molar-refractivity contribution in [3.63, 3.8) is 0 Å². The first-order chi connectivity index (χ1) is 15.7. The summed E-state index contributed by atoms with van der Waals surface area (Å²) in [6, 6.07) is 6.25. The van der Waals surface area contributed by atoms with Gasteiger partial charge in [-0.05, 0) is 37.8 Å². The number of benzene rings is 1. The van der Waals surface area contributed by atoms with E-state index in [-0.39, 0.29) is 16.8 Å². The zero-order valence-corrected chi connectivity index (χ0v) is 18.6. The standard InChI is InChI=1S/C22H22F3N5O2S/c1-13(9-23)29-33(31,32)16-11-27-22(28-12-16)21-18(10-26)17-6-5-14(8-20(24)25)7-19(17)30(21)15-3-2-4-15/h5-7,11-13,15,20,29H,2-4,8-9H2,1H3/t13-/m0/s1. The van der Waals surface area contributed by atoms with Crippen molar-refractivity contribution in [2.45, 2.75) is 56.0 Å². The van der Waals surface area contributed by atoms with E-state index in [4.69, 9.17) is 0 Å². The number of hydrogen-bond acceptors (Lipinski definition) is 5. The number of fused-ring (bicyclic) bond motifs is 1. The number of nitrogens with zero attached hydrogens (tertiary/aromatic N) is 4. The van der Waals surface area contributed by atoms with Crippen LogP contribution >= 0.6 is 0 Å². The van der Waals surface area contributed by atoms with Gasteiger partial charge in [-0.1, -0.05) is 12.1 Å². The quantitative estimate of drug-likeness (QED) is 0.526. The smallest absolute Gasteiger partial charge is 0.243 e. The monoisotopic (exact) mass is 477 g/mol. The molecule has 1 fully saturated rings. The molecule has 0 unspecified atom stereocenters. The van der Waals surface area contributed by atoms with E-state index in [0.29, 0.717) is 27.7 Å². The summed E-state index contributed by atoms with van der Waals surface area (Å²) in [4.78, 5) is 8.19. The van der Waals surface area contributed by atoms with Crippen LogP contribution in [-0.4, -0.2) is 42.1 Å². The number of alkyl halides is 3. The Labute approximate surface area is 189 Å². The summed E-state index contributed by atoms with van der Waals surface area (Å²) >= 11 is 0. The molecule has 0 saturated heterocycles. The molecule has 1 aliphatic rings. The van der Waals surface area contributed by atoms with Gasteiger partial charge in [0.2, 0.25) is 16.4 Å². The number of aromatic nitrogens is 3. The van der Waals surface area contributed by atoms with Gasteiger partial charge < -0.3 is 4.57 Å².